The van der Waals surface area contributed by atoms with Gasteiger partial charge in [0.1, 0.15) is 5.38 Å². The van der Waals surface area contributed by atoms with Crippen LogP contribution in [0.25, 0.3) is 0 Å². The number of carboxylic acids is 1. The lowest BCUT2D eigenvalue weighted by Crippen LogP contribution is -2.16. The highest BCUT2D eigenvalue weighted by Gasteiger charge is 2.14. The van der Waals surface area contributed by atoms with Crippen LogP contribution < -0.4 is 5.73 Å². The Morgan fingerprint density at radius 1 is 1.54 bits per heavy atom. The first-order chi connectivity index (χ1) is 6.11. The van der Waals surface area contributed by atoms with Crippen molar-refractivity contribution in [2.75, 3.05) is 5.73 Å². The van der Waals surface area contributed by atoms with Crippen molar-refractivity contribution in [3.8, 4) is 0 Å². The maximum atomic E-state index is 10.4. The number of alkyl halides is 1. The van der Waals surface area contributed by atoms with E-state index in [1.54, 1.807) is 24.3 Å². The normalized spacial score (nSPS) is 12.4. The minimum absolute atomic E-state index is 0.254. The molecule has 1 rings (SSSR count). The molecule has 0 aliphatic rings. The summed E-state index contributed by atoms with van der Waals surface area (Å²) in [6, 6.07) is 7.09. The molecule has 0 aromatic heterocycles. The van der Waals surface area contributed by atoms with E-state index in [-0.39, 0.29) is 6.42 Å². The summed E-state index contributed by atoms with van der Waals surface area (Å²) in [6.07, 6.45) is 0.254. The van der Waals surface area contributed by atoms with E-state index in [0.29, 0.717) is 5.69 Å². The van der Waals surface area contributed by atoms with Gasteiger partial charge in [0, 0.05) is 12.1 Å². The van der Waals surface area contributed by atoms with E-state index in [2.05, 4.69) is 0 Å². The molecule has 0 unspecified atom stereocenters. The highest BCUT2D eigenvalue weighted by Crippen LogP contribution is 2.15. The average molecular weight is 200 g/mol. The number of nitrogens with two attached hydrogens (primary N) is 1. The molecule has 0 saturated heterocycles. The third kappa shape index (κ3) is 2.63. The summed E-state index contributed by atoms with van der Waals surface area (Å²) in [6.45, 7) is 0. The van der Waals surface area contributed by atoms with Crippen molar-refractivity contribution < 1.29 is 9.90 Å². The van der Waals surface area contributed by atoms with Crippen LogP contribution in [0, 0.1) is 0 Å². The van der Waals surface area contributed by atoms with Gasteiger partial charge in [-0.3, -0.25) is 4.79 Å². The standard InChI is InChI=1S/C9H10ClNO2/c10-7(9(12)13)5-6-3-1-2-4-8(6)11/h1-4,7H,5,11H2,(H,12,13)/t7-/m1/s1. The number of hydrogen-bond donors (Lipinski definition) is 2. The first kappa shape index (κ1) is 9.86. The summed E-state index contributed by atoms with van der Waals surface area (Å²) in [5.41, 5.74) is 6.96. The Kier molecular flexibility index (Phi) is 3.14. The van der Waals surface area contributed by atoms with Gasteiger partial charge in [0.2, 0.25) is 0 Å². The zero-order valence-electron chi connectivity index (χ0n) is 6.90. The molecule has 1 aromatic rings. The first-order valence-corrected chi connectivity index (χ1v) is 4.25. The number of nitrogen functional groups attached to an aromatic ring is 1. The predicted octanol–water partition coefficient (Wildman–Crippen LogP) is 1.50. The number of rotatable bonds is 3. The SMILES string of the molecule is Nc1ccccc1C[C@@H](Cl)C(=O)O. The van der Waals surface area contributed by atoms with Crippen molar-refractivity contribution in [2.24, 2.45) is 0 Å². The molecule has 0 fully saturated rings. The van der Waals surface area contributed by atoms with Crippen molar-refractivity contribution in [2.45, 2.75) is 11.8 Å². The lowest BCUT2D eigenvalue weighted by atomic mass is 10.1. The Hall–Kier alpha value is -1.22. The van der Waals surface area contributed by atoms with Gasteiger partial charge in [-0.15, -0.1) is 11.6 Å². The molecular weight excluding hydrogens is 190 g/mol. The highest BCUT2D eigenvalue weighted by molar-refractivity contribution is 6.29. The third-order valence-corrected chi connectivity index (χ3v) is 2.06. The molecule has 13 heavy (non-hydrogen) atoms. The minimum Gasteiger partial charge on any atom is -0.480 e. The Bertz CT molecular complexity index is 314. The molecule has 1 aromatic carbocycles. The van der Waals surface area contributed by atoms with Gasteiger partial charge in [0.15, 0.2) is 0 Å². The number of anilines is 1. The molecule has 0 aliphatic carbocycles. The molecule has 0 bridgehead atoms. The molecule has 0 spiro atoms. The van der Waals surface area contributed by atoms with E-state index in [9.17, 15) is 4.79 Å². The van der Waals surface area contributed by atoms with Crippen LogP contribution in [0.1, 0.15) is 5.56 Å². The van der Waals surface area contributed by atoms with E-state index in [4.69, 9.17) is 22.4 Å². The molecule has 0 amide bonds. The van der Waals surface area contributed by atoms with Crippen LogP contribution in [0.3, 0.4) is 0 Å². The highest BCUT2D eigenvalue weighted by atomic mass is 35.5. The Morgan fingerprint density at radius 3 is 2.69 bits per heavy atom. The zero-order chi connectivity index (χ0) is 9.84. The quantitative estimate of drug-likeness (QED) is 0.573. The number of benzene rings is 1. The molecule has 0 radical (unpaired) electrons. The summed E-state index contributed by atoms with van der Waals surface area (Å²) in [5.74, 6) is -1.02. The lowest BCUT2D eigenvalue weighted by Gasteiger charge is -2.06. The molecule has 0 saturated carbocycles. The van der Waals surface area contributed by atoms with Crippen molar-refractivity contribution in [3.05, 3.63) is 29.8 Å². The molecule has 4 heteroatoms. The van der Waals surface area contributed by atoms with Crippen LogP contribution in [0.2, 0.25) is 0 Å². The molecule has 1 atom stereocenters. The predicted molar refractivity (Wildman–Crippen MR) is 51.8 cm³/mol. The maximum Gasteiger partial charge on any atom is 0.321 e. The van der Waals surface area contributed by atoms with Crippen molar-refractivity contribution >= 4 is 23.3 Å². The largest absolute Gasteiger partial charge is 0.480 e. The Balaban J connectivity index is 2.74. The molecule has 70 valence electrons. The number of carboxylic acid groups (broad SMARTS) is 1. The van der Waals surface area contributed by atoms with E-state index in [1.807, 2.05) is 0 Å². The van der Waals surface area contributed by atoms with Gasteiger partial charge >= 0.3 is 5.97 Å². The number of carbonyl (C=O) groups is 1. The smallest absolute Gasteiger partial charge is 0.321 e. The van der Waals surface area contributed by atoms with Gasteiger partial charge in [-0.1, -0.05) is 18.2 Å². The van der Waals surface area contributed by atoms with Gasteiger partial charge in [-0.2, -0.15) is 0 Å². The topological polar surface area (TPSA) is 63.3 Å². The van der Waals surface area contributed by atoms with E-state index >= 15 is 0 Å². The zero-order valence-corrected chi connectivity index (χ0v) is 7.66. The fraction of sp³-hybridized carbons (Fsp3) is 0.222. The van der Waals surface area contributed by atoms with E-state index in [0.717, 1.165) is 5.56 Å². The van der Waals surface area contributed by atoms with Gasteiger partial charge in [-0.05, 0) is 11.6 Å². The van der Waals surface area contributed by atoms with Crippen molar-refractivity contribution in [1.82, 2.24) is 0 Å². The fourth-order valence-electron chi connectivity index (χ4n) is 1.00. The molecule has 0 aliphatic heterocycles. The second-order valence-electron chi connectivity index (χ2n) is 2.71. The van der Waals surface area contributed by atoms with Gasteiger partial charge in [-0.25, -0.2) is 0 Å². The fourth-order valence-corrected chi connectivity index (χ4v) is 1.17. The van der Waals surface area contributed by atoms with Crippen LogP contribution in [-0.2, 0) is 11.2 Å². The van der Waals surface area contributed by atoms with Crippen LogP contribution in [-0.4, -0.2) is 16.5 Å². The van der Waals surface area contributed by atoms with Crippen LogP contribution in [0.15, 0.2) is 24.3 Å². The van der Waals surface area contributed by atoms with E-state index in [1.165, 1.54) is 0 Å². The second-order valence-corrected chi connectivity index (χ2v) is 3.24. The average Bonchev–Trinajstić information content (AvgIpc) is 2.08. The van der Waals surface area contributed by atoms with Crippen LogP contribution in [0.4, 0.5) is 5.69 Å². The number of hydrogen-bond acceptors (Lipinski definition) is 2. The van der Waals surface area contributed by atoms with E-state index < -0.39 is 11.3 Å². The third-order valence-electron chi connectivity index (χ3n) is 1.72. The van der Waals surface area contributed by atoms with Crippen LogP contribution in [0.5, 0.6) is 0 Å². The summed E-state index contributed by atoms with van der Waals surface area (Å²) in [7, 11) is 0. The minimum atomic E-state index is -1.02. The van der Waals surface area contributed by atoms with Crippen molar-refractivity contribution in [3.63, 3.8) is 0 Å². The molecular formula is C9H10ClNO2. The van der Waals surface area contributed by atoms with Gasteiger partial charge in [0.25, 0.3) is 0 Å². The van der Waals surface area contributed by atoms with Crippen molar-refractivity contribution in [1.29, 1.82) is 0 Å². The molecule has 3 nitrogen and oxygen atoms in total. The summed E-state index contributed by atoms with van der Waals surface area (Å²) in [5, 5.41) is 7.65. The summed E-state index contributed by atoms with van der Waals surface area (Å²) in [4.78, 5) is 10.4. The van der Waals surface area contributed by atoms with Gasteiger partial charge < -0.3 is 10.8 Å². The Morgan fingerprint density at radius 2 is 2.15 bits per heavy atom. The molecule has 3 N–H and O–H groups in total. The first-order valence-electron chi connectivity index (χ1n) is 3.81. The molecule has 0 heterocycles. The number of para-hydroxylation sites is 1. The maximum absolute atomic E-state index is 10.4. The number of aliphatic carboxylic acids is 1. The summed E-state index contributed by atoms with van der Waals surface area (Å²) < 4.78 is 0. The lowest BCUT2D eigenvalue weighted by molar-refractivity contribution is -0.136. The van der Waals surface area contributed by atoms with Crippen LogP contribution >= 0.6 is 11.6 Å². The Labute approximate surface area is 81.1 Å². The summed E-state index contributed by atoms with van der Waals surface area (Å²) >= 11 is 5.57. The monoisotopic (exact) mass is 199 g/mol. The number of halogens is 1. The van der Waals surface area contributed by atoms with Gasteiger partial charge in [0.05, 0.1) is 0 Å². The second kappa shape index (κ2) is 4.14.